The molecular weight excluding hydrogens is 299 g/mol. The van der Waals surface area contributed by atoms with Crippen LogP contribution in [0.4, 0.5) is 0 Å². The van der Waals surface area contributed by atoms with E-state index in [4.69, 9.17) is 33.4 Å². The minimum absolute atomic E-state index is 0.0347. The Balaban J connectivity index is 3.03. The predicted octanol–water partition coefficient (Wildman–Crippen LogP) is 1.000. The maximum absolute atomic E-state index is 12.0. The Bertz CT molecular complexity index is 498. The molecule has 0 atom stereocenters. The highest BCUT2D eigenvalue weighted by atomic mass is 35.5. The Hall–Kier alpha value is -1.86. The lowest BCUT2D eigenvalue weighted by molar-refractivity contribution is -0.140. The number of amides is 1. The van der Waals surface area contributed by atoms with Crippen LogP contribution in [0, 0.1) is 0 Å². The summed E-state index contributed by atoms with van der Waals surface area (Å²) in [5, 5.41) is 17.2. The lowest BCUT2D eigenvalue weighted by Gasteiger charge is -2.18. The van der Waals surface area contributed by atoms with Crippen molar-refractivity contribution in [2.45, 2.75) is 0 Å². The number of pyridine rings is 1. The van der Waals surface area contributed by atoms with Crippen molar-refractivity contribution in [1.82, 2.24) is 9.88 Å². The van der Waals surface area contributed by atoms with Gasteiger partial charge in [-0.2, -0.15) is 0 Å². The van der Waals surface area contributed by atoms with E-state index in [0.717, 1.165) is 0 Å². The summed E-state index contributed by atoms with van der Waals surface area (Å²) in [5.41, 5.74) is -0.0347. The Labute approximate surface area is 117 Å². The summed E-state index contributed by atoms with van der Waals surface area (Å²) >= 11 is 11.2. The molecule has 19 heavy (non-hydrogen) atoms. The Morgan fingerprint density at radius 3 is 1.84 bits per heavy atom. The van der Waals surface area contributed by atoms with Crippen molar-refractivity contribution >= 4 is 41.0 Å². The maximum atomic E-state index is 12.0. The van der Waals surface area contributed by atoms with Gasteiger partial charge in [0.1, 0.15) is 23.4 Å². The van der Waals surface area contributed by atoms with Gasteiger partial charge in [0.2, 0.25) is 0 Å². The predicted molar refractivity (Wildman–Crippen MR) is 65.4 cm³/mol. The smallest absolute Gasteiger partial charge is 0.323 e. The number of hydrogen-bond acceptors (Lipinski definition) is 4. The molecule has 0 saturated heterocycles. The number of nitrogens with zero attached hydrogens (tertiary/aromatic N) is 2. The van der Waals surface area contributed by atoms with Crippen molar-refractivity contribution in [1.29, 1.82) is 0 Å². The molecule has 0 fully saturated rings. The van der Waals surface area contributed by atoms with Crippen LogP contribution in [0.5, 0.6) is 0 Å². The molecule has 1 heterocycles. The number of hydrogen-bond donors (Lipinski definition) is 2. The molecule has 0 aliphatic rings. The minimum atomic E-state index is -1.33. The minimum Gasteiger partial charge on any atom is -0.480 e. The summed E-state index contributed by atoms with van der Waals surface area (Å²) in [6.07, 6.45) is 0. The van der Waals surface area contributed by atoms with Crippen LogP contribution < -0.4 is 0 Å². The number of carboxylic acid groups (broad SMARTS) is 2. The normalized spacial score (nSPS) is 10.0. The molecule has 0 aliphatic carbocycles. The zero-order chi connectivity index (χ0) is 14.6. The number of aromatic nitrogens is 1. The zero-order valence-corrected chi connectivity index (χ0v) is 10.9. The number of carbonyl (C=O) groups excluding carboxylic acids is 1. The first-order valence-corrected chi connectivity index (χ1v) is 5.61. The Morgan fingerprint density at radius 1 is 1.05 bits per heavy atom. The lowest BCUT2D eigenvalue weighted by atomic mass is 10.2. The average molecular weight is 307 g/mol. The molecule has 7 nitrogen and oxygen atoms in total. The molecule has 0 saturated carbocycles. The van der Waals surface area contributed by atoms with Crippen molar-refractivity contribution in [2.75, 3.05) is 13.1 Å². The maximum Gasteiger partial charge on any atom is 0.323 e. The molecule has 1 amide bonds. The molecule has 9 heteroatoms. The second-order valence-corrected chi connectivity index (χ2v) is 4.22. The third-order valence-electron chi connectivity index (χ3n) is 1.95. The van der Waals surface area contributed by atoms with Crippen LogP contribution in [0.25, 0.3) is 0 Å². The molecule has 0 aliphatic heterocycles. The molecule has 0 aromatic carbocycles. The van der Waals surface area contributed by atoms with Gasteiger partial charge in [0.15, 0.2) is 0 Å². The Kier molecular flexibility index (Phi) is 5.08. The second-order valence-electron chi connectivity index (χ2n) is 3.45. The van der Waals surface area contributed by atoms with E-state index in [-0.39, 0.29) is 15.9 Å². The molecule has 0 radical (unpaired) electrons. The van der Waals surface area contributed by atoms with E-state index in [2.05, 4.69) is 4.98 Å². The first kappa shape index (κ1) is 15.2. The van der Waals surface area contributed by atoms with Crippen LogP contribution in [0.15, 0.2) is 12.1 Å². The molecule has 1 aromatic heterocycles. The van der Waals surface area contributed by atoms with Gasteiger partial charge >= 0.3 is 11.9 Å². The summed E-state index contributed by atoms with van der Waals surface area (Å²) in [6.45, 7) is -1.49. The van der Waals surface area contributed by atoms with Crippen molar-refractivity contribution in [3.05, 3.63) is 28.0 Å². The fraction of sp³-hybridized carbons (Fsp3) is 0.200. The number of aliphatic carboxylic acids is 2. The molecule has 102 valence electrons. The van der Waals surface area contributed by atoms with E-state index in [1.165, 1.54) is 12.1 Å². The van der Waals surface area contributed by atoms with E-state index < -0.39 is 30.9 Å². The fourth-order valence-electron chi connectivity index (χ4n) is 1.30. The number of halogens is 2. The number of rotatable bonds is 5. The first-order valence-electron chi connectivity index (χ1n) is 4.85. The number of carbonyl (C=O) groups is 3. The monoisotopic (exact) mass is 306 g/mol. The van der Waals surface area contributed by atoms with Gasteiger partial charge in [-0.25, -0.2) is 4.98 Å². The topological polar surface area (TPSA) is 108 Å². The highest BCUT2D eigenvalue weighted by molar-refractivity contribution is 6.33. The Morgan fingerprint density at radius 2 is 1.47 bits per heavy atom. The highest BCUT2D eigenvalue weighted by Crippen LogP contribution is 2.16. The fourth-order valence-corrected chi connectivity index (χ4v) is 1.76. The largest absolute Gasteiger partial charge is 0.480 e. The summed E-state index contributed by atoms with van der Waals surface area (Å²) in [7, 11) is 0. The molecule has 2 N–H and O–H groups in total. The molecule has 0 unspecified atom stereocenters. The number of carboxylic acids is 2. The summed E-state index contributed by atoms with van der Waals surface area (Å²) in [6, 6.07) is 2.35. The van der Waals surface area contributed by atoms with Crippen LogP contribution in [-0.2, 0) is 9.59 Å². The molecular formula is C10H8Cl2N2O5. The quantitative estimate of drug-likeness (QED) is 0.786. The summed E-state index contributed by atoms with van der Waals surface area (Å²) in [4.78, 5) is 37.5. The summed E-state index contributed by atoms with van der Waals surface area (Å²) < 4.78 is 0. The first-order chi connectivity index (χ1) is 8.79. The molecule has 1 rings (SSSR count). The van der Waals surface area contributed by atoms with Crippen LogP contribution >= 0.6 is 23.2 Å². The van der Waals surface area contributed by atoms with Gasteiger partial charge in [-0.15, -0.1) is 0 Å². The molecule has 1 aromatic rings. The van der Waals surface area contributed by atoms with Crippen molar-refractivity contribution in [2.24, 2.45) is 0 Å². The van der Waals surface area contributed by atoms with Gasteiger partial charge in [-0.05, 0) is 12.1 Å². The van der Waals surface area contributed by atoms with Crippen LogP contribution in [0.2, 0.25) is 10.3 Å². The van der Waals surface area contributed by atoms with E-state index in [0.29, 0.717) is 4.90 Å². The third-order valence-corrected chi connectivity index (χ3v) is 2.34. The molecule has 0 bridgehead atoms. The SMILES string of the molecule is O=C(O)CN(CC(=O)O)C(=O)c1cc(Cl)nc(Cl)c1. The van der Waals surface area contributed by atoms with Crippen LogP contribution in [0.3, 0.4) is 0 Å². The van der Waals surface area contributed by atoms with Crippen LogP contribution in [-0.4, -0.2) is 51.0 Å². The van der Waals surface area contributed by atoms with Crippen molar-refractivity contribution in [3.63, 3.8) is 0 Å². The van der Waals surface area contributed by atoms with Gasteiger partial charge < -0.3 is 15.1 Å². The second kappa shape index (κ2) is 6.35. The zero-order valence-electron chi connectivity index (χ0n) is 9.34. The third kappa shape index (κ3) is 4.72. The van der Waals surface area contributed by atoms with E-state index in [9.17, 15) is 14.4 Å². The average Bonchev–Trinajstić information content (AvgIpc) is 2.24. The van der Waals surface area contributed by atoms with E-state index >= 15 is 0 Å². The van der Waals surface area contributed by atoms with E-state index in [1.54, 1.807) is 0 Å². The standard InChI is InChI=1S/C10H8Cl2N2O5/c11-6-1-5(2-7(12)13-6)10(19)14(3-8(15)16)4-9(17)18/h1-2H,3-4H2,(H,15,16)(H,17,18). The van der Waals surface area contributed by atoms with Gasteiger partial charge in [0.25, 0.3) is 5.91 Å². The lowest BCUT2D eigenvalue weighted by Crippen LogP contribution is -2.39. The highest BCUT2D eigenvalue weighted by Gasteiger charge is 2.21. The summed E-state index contributed by atoms with van der Waals surface area (Å²) in [5.74, 6) is -3.47. The van der Waals surface area contributed by atoms with Gasteiger partial charge in [0.05, 0.1) is 0 Å². The van der Waals surface area contributed by atoms with Gasteiger partial charge in [-0.1, -0.05) is 23.2 Å². The molecule has 0 spiro atoms. The van der Waals surface area contributed by atoms with E-state index in [1.807, 2.05) is 0 Å². The van der Waals surface area contributed by atoms with Crippen LogP contribution in [0.1, 0.15) is 10.4 Å². The van der Waals surface area contributed by atoms with Gasteiger partial charge in [0, 0.05) is 5.56 Å². The van der Waals surface area contributed by atoms with Gasteiger partial charge in [-0.3, -0.25) is 14.4 Å². The van der Waals surface area contributed by atoms with Crippen molar-refractivity contribution < 1.29 is 24.6 Å². The van der Waals surface area contributed by atoms with Crippen molar-refractivity contribution in [3.8, 4) is 0 Å².